The monoisotopic (exact) mass is 267 g/mol. The Morgan fingerprint density at radius 1 is 1.44 bits per heavy atom. The Labute approximate surface area is 115 Å². The summed E-state index contributed by atoms with van der Waals surface area (Å²) in [6, 6.07) is 6.11. The maximum absolute atomic E-state index is 6.19. The molecule has 0 spiro atoms. The second-order valence-corrected chi connectivity index (χ2v) is 5.89. The summed E-state index contributed by atoms with van der Waals surface area (Å²) in [4.78, 5) is 0. The first kappa shape index (κ1) is 13.7. The summed E-state index contributed by atoms with van der Waals surface area (Å²) in [6.07, 6.45) is 3.55. The fourth-order valence-corrected chi connectivity index (χ4v) is 3.14. The summed E-state index contributed by atoms with van der Waals surface area (Å²) in [7, 11) is 1.65. The van der Waals surface area contributed by atoms with Gasteiger partial charge in [0.25, 0.3) is 0 Å². The van der Waals surface area contributed by atoms with Gasteiger partial charge in [-0.15, -0.1) is 0 Å². The Morgan fingerprint density at radius 3 is 2.72 bits per heavy atom. The van der Waals surface area contributed by atoms with Gasteiger partial charge >= 0.3 is 0 Å². The van der Waals surface area contributed by atoms with Crippen LogP contribution in [0.25, 0.3) is 0 Å². The zero-order valence-electron chi connectivity index (χ0n) is 11.4. The van der Waals surface area contributed by atoms with Crippen molar-refractivity contribution in [3.63, 3.8) is 0 Å². The van der Waals surface area contributed by atoms with Crippen molar-refractivity contribution < 1.29 is 4.74 Å². The number of benzene rings is 1. The highest BCUT2D eigenvalue weighted by atomic mass is 35.5. The number of ether oxygens (including phenoxy) is 1. The van der Waals surface area contributed by atoms with Crippen LogP contribution in [0.3, 0.4) is 0 Å². The van der Waals surface area contributed by atoms with Crippen molar-refractivity contribution in [1.82, 2.24) is 5.32 Å². The minimum atomic E-state index is 0.234. The summed E-state index contributed by atoms with van der Waals surface area (Å²) in [5, 5.41) is 4.39. The van der Waals surface area contributed by atoms with Crippen LogP contribution in [0.2, 0.25) is 5.02 Å². The molecule has 0 bridgehead atoms. The van der Waals surface area contributed by atoms with Gasteiger partial charge in [0.1, 0.15) is 5.75 Å². The Bertz CT molecular complexity index is 411. The van der Waals surface area contributed by atoms with Crippen LogP contribution in [0.1, 0.15) is 32.3 Å². The molecule has 1 N–H and O–H groups in total. The number of hydrogen-bond acceptors (Lipinski definition) is 2. The summed E-state index contributed by atoms with van der Waals surface area (Å²) in [5.41, 5.74) is 1.52. The standard InChI is InChI=1S/C15H22ClNO/c1-11(2)15(7-4-8-17-15)10-12-5-6-14(18-3)13(16)9-12/h5-6,9,11,17H,4,7-8,10H2,1-3H3. The number of methoxy groups -OCH3 is 1. The highest BCUT2D eigenvalue weighted by molar-refractivity contribution is 6.32. The SMILES string of the molecule is COc1ccc(CC2(C(C)C)CCCN2)cc1Cl. The van der Waals surface area contributed by atoms with Crippen LogP contribution in [0.4, 0.5) is 0 Å². The summed E-state index contributed by atoms with van der Waals surface area (Å²) in [6.45, 7) is 5.72. The molecular weight excluding hydrogens is 246 g/mol. The highest BCUT2D eigenvalue weighted by Crippen LogP contribution is 2.33. The van der Waals surface area contributed by atoms with Crippen molar-refractivity contribution in [3.8, 4) is 5.75 Å². The molecule has 1 fully saturated rings. The van der Waals surface area contributed by atoms with Gasteiger partial charge in [-0.25, -0.2) is 0 Å². The fraction of sp³-hybridized carbons (Fsp3) is 0.600. The van der Waals surface area contributed by atoms with Crippen LogP contribution in [0.15, 0.2) is 18.2 Å². The van der Waals surface area contributed by atoms with E-state index in [1.807, 2.05) is 12.1 Å². The van der Waals surface area contributed by atoms with E-state index in [1.54, 1.807) is 7.11 Å². The average Bonchev–Trinajstić information content (AvgIpc) is 2.79. The first-order valence-electron chi connectivity index (χ1n) is 6.65. The lowest BCUT2D eigenvalue weighted by Crippen LogP contribution is -2.46. The lowest BCUT2D eigenvalue weighted by molar-refractivity contribution is 0.269. The fourth-order valence-electron chi connectivity index (χ4n) is 2.86. The van der Waals surface area contributed by atoms with Gasteiger partial charge in [-0.1, -0.05) is 31.5 Å². The predicted molar refractivity (Wildman–Crippen MR) is 76.5 cm³/mol. The zero-order chi connectivity index (χ0) is 13.2. The van der Waals surface area contributed by atoms with Crippen molar-refractivity contribution >= 4 is 11.6 Å². The predicted octanol–water partition coefficient (Wildman–Crippen LogP) is 3.67. The quantitative estimate of drug-likeness (QED) is 0.899. The molecule has 0 aliphatic carbocycles. The highest BCUT2D eigenvalue weighted by Gasteiger charge is 2.36. The molecule has 2 rings (SSSR count). The molecule has 18 heavy (non-hydrogen) atoms. The number of rotatable bonds is 4. The minimum absolute atomic E-state index is 0.234. The van der Waals surface area contributed by atoms with Crippen molar-refractivity contribution in [2.75, 3.05) is 13.7 Å². The lowest BCUT2D eigenvalue weighted by Gasteiger charge is -2.34. The van der Waals surface area contributed by atoms with Crippen LogP contribution >= 0.6 is 11.6 Å². The Morgan fingerprint density at radius 2 is 2.22 bits per heavy atom. The Balaban J connectivity index is 2.19. The largest absolute Gasteiger partial charge is 0.495 e. The maximum Gasteiger partial charge on any atom is 0.137 e. The molecule has 1 saturated heterocycles. The van der Waals surface area contributed by atoms with Crippen molar-refractivity contribution in [1.29, 1.82) is 0 Å². The van der Waals surface area contributed by atoms with Crippen molar-refractivity contribution in [2.45, 2.75) is 38.6 Å². The van der Waals surface area contributed by atoms with E-state index >= 15 is 0 Å². The second kappa shape index (κ2) is 5.50. The maximum atomic E-state index is 6.19. The summed E-state index contributed by atoms with van der Waals surface area (Å²) >= 11 is 6.19. The third-order valence-corrected chi connectivity index (χ3v) is 4.41. The van der Waals surface area contributed by atoms with Crippen LogP contribution < -0.4 is 10.1 Å². The Hall–Kier alpha value is -0.730. The molecule has 1 aliphatic rings. The molecule has 1 heterocycles. The smallest absolute Gasteiger partial charge is 0.137 e. The molecule has 1 aliphatic heterocycles. The molecule has 3 heteroatoms. The first-order valence-corrected chi connectivity index (χ1v) is 7.02. The van der Waals surface area contributed by atoms with Crippen LogP contribution in [0, 0.1) is 5.92 Å². The number of halogens is 1. The van der Waals surface area contributed by atoms with Gasteiger partial charge in [0.2, 0.25) is 0 Å². The molecular formula is C15H22ClNO. The number of nitrogens with one attached hydrogen (secondary N) is 1. The third kappa shape index (κ3) is 2.65. The van der Waals surface area contributed by atoms with Crippen LogP contribution in [-0.4, -0.2) is 19.2 Å². The molecule has 2 nitrogen and oxygen atoms in total. The summed E-state index contributed by atoms with van der Waals surface area (Å²) in [5.74, 6) is 1.37. The van der Waals surface area contributed by atoms with E-state index in [2.05, 4.69) is 25.2 Å². The summed E-state index contributed by atoms with van der Waals surface area (Å²) < 4.78 is 5.19. The van der Waals surface area contributed by atoms with Gasteiger partial charge in [0.15, 0.2) is 0 Å². The van der Waals surface area contributed by atoms with E-state index in [0.29, 0.717) is 10.9 Å². The first-order chi connectivity index (χ1) is 8.57. The molecule has 0 radical (unpaired) electrons. The van der Waals surface area contributed by atoms with E-state index in [4.69, 9.17) is 16.3 Å². The molecule has 0 amide bonds. The van der Waals surface area contributed by atoms with Crippen molar-refractivity contribution in [2.24, 2.45) is 5.92 Å². The second-order valence-electron chi connectivity index (χ2n) is 5.49. The molecule has 1 unspecified atom stereocenters. The van der Waals surface area contributed by atoms with Crippen LogP contribution in [-0.2, 0) is 6.42 Å². The average molecular weight is 268 g/mol. The molecule has 1 aromatic rings. The molecule has 0 saturated carbocycles. The van der Waals surface area contributed by atoms with Gasteiger partial charge in [0.05, 0.1) is 12.1 Å². The molecule has 1 atom stereocenters. The van der Waals surface area contributed by atoms with Crippen LogP contribution in [0.5, 0.6) is 5.75 Å². The van der Waals surface area contributed by atoms with E-state index in [9.17, 15) is 0 Å². The van der Waals surface area contributed by atoms with Crippen molar-refractivity contribution in [3.05, 3.63) is 28.8 Å². The van der Waals surface area contributed by atoms with Gasteiger partial charge in [-0.3, -0.25) is 0 Å². The number of hydrogen-bond donors (Lipinski definition) is 1. The lowest BCUT2D eigenvalue weighted by atomic mass is 9.80. The molecule has 0 aromatic heterocycles. The van der Waals surface area contributed by atoms with E-state index in [-0.39, 0.29) is 5.54 Å². The minimum Gasteiger partial charge on any atom is -0.495 e. The zero-order valence-corrected chi connectivity index (χ0v) is 12.2. The van der Waals surface area contributed by atoms with Gasteiger partial charge in [-0.2, -0.15) is 0 Å². The van der Waals surface area contributed by atoms with E-state index in [1.165, 1.54) is 18.4 Å². The van der Waals surface area contributed by atoms with Gasteiger partial charge in [-0.05, 0) is 49.4 Å². The molecule has 100 valence electrons. The Kier molecular flexibility index (Phi) is 4.18. The molecule has 1 aromatic carbocycles. The van der Waals surface area contributed by atoms with E-state index < -0.39 is 0 Å². The normalized spacial score (nSPS) is 23.6. The topological polar surface area (TPSA) is 21.3 Å². The van der Waals surface area contributed by atoms with E-state index in [0.717, 1.165) is 18.7 Å². The van der Waals surface area contributed by atoms with Gasteiger partial charge < -0.3 is 10.1 Å². The van der Waals surface area contributed by atoms with Gasteiger partial charge in [0, 0.05) is 5.54 Å². The third-order valence-electron chi connectivity index (χ3n) is 4.12.